The standard InChI is InChI=1S/C18H25NO5/c1-18(2,3)24-17(21)19(22)15-7-5-6-14(15)16(20)12-8-10-13(23-4)11-9-12/h5-6,8-11,14-16,20,22H,7H2,1-4H3. The minimum absolute atomic E-state index is 0.420. The quantitative estimate of drug-likeness (QED) is 0.501. The van der Waals surface area contributed by atoms with Crippen LogP contribution in [-0.2, 0) is 4.74 Å². The number of rotatable bonds is 4. The molecule has 0 radical (unpaired) electrons. The van der Waals surface area contributed by atoms with Gasteiger partial charge in [0, 0.05) is 5.92 Å². The summed E-state index contributed by atoms with van der Waals surface area (Å²) in [5.74, 6) is 0.276. The first-order valence-electron chi connectivity index (χ1n) is 7.92. The summed E-state index contributed by atoms with van der Waals surface area (Å²) in [6, 6.07) is 6.48. The van der Waals surface area contributed by atoms with E-state index in [1.807, 2.05) is 12.2 Å². The molecule has 3 atom stereocenters. The Bertz CT molecular complexity index is 590. The van der Waals surface area contributed by atoms with Gasteiger partial charge in [-0.25, -0.2) is 4.79 Å². The summed E-state index contributed by atoms with van der Waals surface area (Å²) in [5.41, 5.74) is -0.0104. The van der Waals surface area contributed by atoms with E-state index in [9.17, 15) is 15.1 Å². The molecule has 0 aromatic heterocycles. The molecule has 2 rings (SSSR count). The van der Waals surface area contributed by atoms with E-state index in [0.29, 0.717) is 22.8 Å². The third-order valence-corrected chi connectivity index (χ3v) is 3.90. The van der Waals surface area contributed by atoms with Crippen molar-refractivity contribution in [1.29, 1.82) is 0 Å². The Morgan fingerprint density at radius 2 is 1.92 bits per heavy atom. The summed E-state index contributed by atoms with van der Waals surface area (Å²) < 4.78 is 10.3. The molecule has 0 bridgehead atoms. The van der Waals surface area contributed by atoms with Crippen LogP contribution in [0.1, 0.15) is 38.9 Å². The number of carbonyl (C=O) groups excluding carboxylic acids is 1. The van der Waals surface area contributed by atoms with Gasteiger partial charge in [0.25, 0.3) is 0 Å². The number of amides is 1. The Morgan fingerprint density at radius 3 is 2.46 bits per heavy atom. The van der Waals surface area contributed by atoms with Gasteiger partial charge in [-0.15, -0.1) is 0 Å². The lowest BCUT2D eigenvalue weighted by Gasteiger charge is -2.32. The van der Waals surface area contributed by atoms with Gasteiger partial charge in [-0.05, 0) is 44.9 Å². The van der Waals surface area contributed by atoms with E-state index in [1.165, 1.54) is 0 Å². The van der Waals surface area contributed by atoms with E-state index in [1.54, 1.807) is 52.1 Å². The zero-order valence-electron chi connectivity index (χ0n) is 14.5. The maximum absolute atomic E-state index is 12.1. The number of aliphatic hydroxyl groups excluding tert-OH is 1. The van der Waals surface area contributed by atoms with Gasteiger partial charge in [-0.3, -0.25) is 5.21 Å². The van der Waals surface area contributed by atoms with Gasteiger partial charge in [0.2, 0.25) is 0 Å². The predicted octanol–water partition coefficient (Wildman–Crippen LogP) is 3.30. The summed E-state index contributed by atoms with van der Waals surface area (Å²) in [7, 11) is 1.58. The average molecular weight is 335 g/mol. The van der Waals surface area contributed by atoms with Crippen molar-refractivity contribution < 1.29 is 24.6 Å². The third-order valence-electron chi connectivity index (χ3n) is 3.90. The number of methoxy groups -OCH3 is 1. The van der Waals surface area contributed by atoms with Crippen LogP contribution in [0, 0.1) is 5.92 Å². The fraction of sp³-hybridized carbons (Fsp3) is 0.500. The number of carbonyl (C=O) groups is 1. The third kappa shape index (κ3) is 4.27. The molecular formula is C18H25NO5. The monoisotopic (exact) mass is 335 g/mol. The van der Waals surface area contributed by atoms with Gasteiger partial charge >= 0.3 is 6.09 Å². The van der Waals surface area contributed by atoms with Crippen molar-refractivity contribution in [2.24, 2.45) is 5.92 Å². The fourth-order valence-electron chi connectivity index (χ4n) is 2.71. The molecule has 0 fully saturated rings. The van der Waals surface area contributed by atoms with Gasteiger partial charge in [-0.1, -0.05) is 24.3 Å². The summed E-state index contributed by atoms with van der Waals surface area (Å²) in [6.45, 7) is 5.19. The molecule has 0 aliphatic heterocycles. The van der Waals surface area contributed by atoms with E-state index >= 15 is 0 Å². The smallest absolute Gasteiger partial charge is 0.434 e. The molecule has 0 heterocycles. The van der Waals surface area contributed by atoms with Crippen molar-refractivity contribution in [3.05, 3.63) is 42.0 Å². The number of ether oxygens (including phenoxy) is 2. The lowest BCUT2D eigenvalue weighted by molar-refractivity contribution is -0.133. The van der Waals surface area contributed by atoms with E-state index in [4.69, 9.17) is 9.47 Å². The maximum Gasteiger partial charge on any atom is 0.434 e. The van der Waals surface area contributed by atoms with Crippen molar-refractivity contribution in [2.75, 3.05) is 7.11 Å². The summed E-state index contributed by atoms with van der Waals surface area (Å²) in [4.78, 5) is 12.1. The molecule has 0 saturated carbocycles. The highest BCUT2D eigenvalue weighted by molar-refractivity contribution is 5.67. The first kappa shape index (κ1) is 18.3. The molecular weight excluding hydrogens is 310 g/mol. The number of benzene rings is 1. The van der Waals surface area contributed by atoms with E-state index < -0.39 is 29.8 Å². The molecule has 1 aromatic carbocycles. The molecule has 1 aliphatic carbocycles. The number of nitrogens with zero attached hydrogens (tertiary/aromatic N) is 1. The first-order valence-corrected chi connectivity index (χ1v) is 7.92. The number of hydroxylamine groups is 2. The summed E-state index contributed by atoms with van der Waals surface area (Å²) in [6.07, 6.45) is 2.44. The highest BCUT2D eigenvalue weighted by Gasteiger charge is 2.37. The molecule has 1 aromatic rings. The summed E-state index contributed by atoms with van der Waals surface area (Å²) in [5, 5.41) is 21.4. The van der Waals surface area contributed by atoms with E-state index in [2.05, 4.69) is 0 Å². The van der Waals surface area contributed by atoms with Crippen molar-refractivity contribution >= 4 is 6.09 Å². The molecule has 6 heteroatoms. The Kier molecular flexibility index (Phi) is 5.51. The van der Waals surface area contributed by atoms with Crippen molar-refractivity contribution in [3.8, 4) is 5.75 Å². The minimum atomic E-state index is -0.850. The van der Waals surface area contributed by atoms with Gasteiger partial charge < -0.3 is 14.6 Å². The molecule has 0 saturated heterocycles. The van der Waals surface area contributed by atoms with E-state index in [0.717, 1.165) is 0 Å². The number of hydrogen-bond donors (Lipinski definition) is 2. The van der Waals surface area contributed by atoms with Crippen LogP contribution in [0.4, 0.5) is 4.79 Å². The zero-order valence-corrected chi connectivity index (χ0v) is 14.5. The SMILES string of the molecule is COc1ccc(C(O)C2C=CCC2N(O)C(=O)OC(C)(C)C)cc1. The van der Waals surface area contributed by atoms with Crippen LogP contribution in [0.25, 0.3) is 0 Å². The second kappa shape index (κ2) is 7.23. The second-order valence-corrected chi connectivity index (χ2v) is 6.85. The summed E-state index contributed by atoms with van der Waals surface area (Å²) >= 11 is 0. The van der Waals surface area contributed by atoms with Gasteiger partial charge in [0.15, 0.2) is 0 Å². The van der Waals surface area contributed by atoms with Gasteiger partial charge in [0.1, 0.15) is 11.4 Å². The Hall–Kier alpha value is -2.05. The zero-order chi connectivity index (χ0) is 17.9. The molecule has 132 valence electrons. The van der Waals surface area contributed by atoms with Crippen LogP contribution >= 0.6 is 0 Å². The largest absolute Gasteiger partial charge is 0.497 e. The molecule has 24 heavy (non-hydrogen) atoms. The molecule has 1 amide bonds. The van der Waals surface area contributed by atoms with Crippen LogP contribution in [0.15, 0.2) is 36.4 Å². The van der Waals surface area contributed by atoms with Crippen molar-refractivity contribution in [2.45, 2.75) is 44.9 Å². The van der Waals surface area contributed by atoms with Gasteiger partial charge in [0.05, 0.1) is 19.3 Å². The highest BCUT2D eigenvalue weighted by atomic mass is 16.6. The van der Waals surface area contributed by atoms with Crippen molar-refractivity contribution in [1.82, 2.24) is 5.06 Å². The van der Waals surface area contributed by atoms with Crippen molar-refractivity contribution in [3.63, 3.8) is 0 Å². The lowest BCUT2D eigenvalue weighted by Crippen LogP contribution is -2.44. The molecule has 0 spiro atoms. The van der Waals surface area contributed by atoms with E-state index in [-0.39, 0.29) is 0 Å². The lowest BCUT2D eigenvalue weighted by atomic mass is 9.91. The number of hydrogen-bond acceptors (Lipinski definition) is 5. The minimum Gasteiger partial charge on any atom is -0.497 e. The van der Waals surface area contributed by atoms with Crippen LogP contribution in [0.5, 0.6) is 5.75 Å². The average Bonchev–Trinajstić information content (AvgIpc) is 3.01. The van der Waals surface area contributed by atoms with Crippen LogP contribution in [0.3, 0.4) is 0 Å². The highest BCUT2D eigenvalue weighted by Crippen LogP contribution is 2.35. The molecule has 6 nitrogen and oxygen atoms in total. The van der Waals surface area contributed by atoms with Crippen LogP contribution in [-0.4, -0.2) is 40.2 Å². The van der Waals surface area contributed by atoms with Gasteiger partial charge in [-0.2, -0.15) is 5.06 Å². The molecule has 1 aliphatic rings. The topological polar surface area (TPSA) is 79.2 Å². The molecule has 2 N–H and O–H groups in total. The molecule has 3 unspecified atom stereocenters. The fourth-order valence-corrected chi connectivity index (χ4v) is 2.71. The maximum atomic E-state index is 12.1. The Labute approximate surface area is 142 Å². The normalized spacial score (nSPS) is 21.4. The van der Waals surface area contributed by atoms with Crippen LogP contribution < -0.4 is 4.74 Å². The van der Waals surface area contributed by atoms with Crippen LogP contribution in [0.2, 0.25) is 0 Å². The first-order chi connectivity index (χ1) is 11.2. The second-order valence-electron chi connectivity index (χ2n) is 6.85. The number of aliphatic hydroxyl groups is 1. The predicted molar refractivity (Wildman–Crippen MR) is 88.8 cm³/mol. The Morgan fingerprint density at radius 1 is 1.29 bits per heavy atom. The Balaban J connectivity index is 2.10.